The van der Waals surface area contributed by atoms with Crippen molar-refractivity contribution in [1.82, 2.24) is 10.6 Å². The summed E-state index contributed by atoms with van der Waals surface area (Å²) in [6.07, 6.45) is 6.05. The molecule has 0 radical (unpaired) electrons. The highest BCUT2D eigenvalue weighted by molar-refractivity contribution is 5.91. The van der Waals surface area contributed by atoms with Gasteiger partial charge in [0.15, 0.2) is 11.5 Å². The summed E-state index contributed by atoms with van der Waals surface area (Å²) >= 11 is 0. The van der Waals surface area contributed by atoms with E-state index in [9.17, 15) is 4.79 Å². The van der Waals surface area contributed by atoms with Crippen molar-refractivity contribution in [2.24, 2.45) is 0 Å². The molecule has 0 saturated carbocycles. The van der Waals surface area contributed by atoms with E-state index < -0.39 is 0 Å². The number of rotatable bonds is 12. The number of methoxy groups -OCH3 is 2. The van der Waals surface area contributed by atoms with Gasteiger partial charge in [-0.3, -0.25) is 4.79 Å². The lowest BCUT2D eigenvalue weighted by atomic mass is 10.1. The summed E-state index contributed by atoms with van der Waals surface area (Å²) in [4.78, 5) is 11.9. The molecule has 0 aromatic heterocycles. The minimum Gasteiger partial charge on any atom is -0.493 e. The standard InChI is InChI=1S/C24H29N3O3/c1-29-22-11-9-20(17-23(22)30-2)8-4-13-26-14-5-15-27-24(28)12-10-19-6-3-7-21(16-19)18-25/h3,6-7,9-12,16-17,26H,4-5,8,13-15H2,1-2H3,(H,27,28)/b12-10+. The Balaban J connectivity index is 1.56. The van der Waals surface area contributed by atoms with Crippen molar-refractivity contribution in [3.8, 4) is 17.6 Å². The number of amides is 1. The van der Waals surface area contributed by atoms with E-state index in [4.69, 9.17) is 14.7 Å². The van der Waals surface area contributed by atoms with E-state index in [1.165, 1.54) is 11.6 Å². The second-order valence-electron chi connectivity index (χ2n) is 6.76. The number of aryl methyl sites for hydroxylation is 1. The number of hydrogen-bond donors (Lipinski definition) is 2. The third-order valence-corrected chi connectivity index (χ3v) is 4.54. The number of nitrogens with one attached hydrogen (secondary N) is 2. The highest BCUT2D eigenvalue weighted by Crippen LogP contribution is 2.27. The van der Waals surface area contributed by atoms with Crippen LogP contribution in [0.2, 0.25) is 0 Å². The van der Waals surface area contributed by atoms with Crippen LogP contribution in [0.4, 0.5) is 0 Å². The molecule has 2 aromatic carbocycles. The minimum absolute atomic E-state index is 0.134. The van der Waals surface area contributed by atoms with E-state index in [0.717, 1.165) is 49.4 Å². The maximum atomic E-state index is 11.9. The van der Waals surface area contributed by atoms with Gasteiger partial charge in [-0.2, -0.15) is 5.26 Å². The molecule has 2 rings (SSSR count). The number of benzene rings is 2. The van der Waals surface area contributed by atoms with Crippen LogP contribution >= 0.6 is 0 Å². The molecule has 0 aliphatic rings. The zero-order chi connectivity index (χ0) is 21.6. The van der Waals surface area contributed by atoms with Crippen molar-refractivity contribution in [3.05, 3.63) is 65.2 Å². The van der Waals surface area contributed by atoms with Crippen LogP contribution in [0.3, 0.4) is 0 Å². The Morgan fingerprint density at radius 2 is 1.83 bits per heavy atom. The summed E-state index contributed by atoms with van der Waals surface area (Å²) in [5.41, 5.74) is 2.63. The van der Waals surface area contributed by atoms with Crippen LogP contribution in [0.5, 0.6) is 11.5 Å². The average molecular weight is 408 g/mol. The predicted octanol–water partition coefficient (Wildman–Crippen LogP) is 3.32. The summed E-state index contributed by atoms with van der Waals surface area (Å²) in [7, 11) is 3.28. The maximum absolute atomic E-state index is 11.9. The SMILES string of the molecule is COc1ccc(CCCNCCCNC(=O)/C=C/c2cccc(C#N)c2)cc1OC. The van der Waals surface area contributed by atoms with E-state index in [0.29, 0.717) is 12.1 Å². The number of nitrogens with zero attached hydrogens (tertiary/aromatic N) is 1. The van der Waals surface area contributed by atoms with Crippen molar-refractivity contribution in [2.75, 3.05) is 33.9 Å². The quantitative estimate of drug-likeness (QED) is 0.417. The van der Waals surface area contributed by atoms with Crippen molar-refractivity contribution < 1.29 is 14.3 Å². The molecule has 0 heterocycles. The first-order valence-electron chi connectivity index (χ1n) is 10.0. The van der Waals surface area contributed by atoms with Gasteiger partial charge in [0, 0.05) is 12.6 Å². The Bertz CT molecular complexity index is 888. The molecule has 0 atom stereocenters. The fourth-order valence-electron chi connectivity index (χ4n) is 2.95. The van der Waals surface area contributed by atoms with Crippen molar-refractivity contribution in [2.45, 2.75) is 19.3 Å². The summed E-state index contributed by atoms with van der Waals surface area (Å²) in [5, 5.41) is 15.2. The van der Waals surface area contributed by atoms with Gasteiger partial charge in [-0.25, -0.2) is 0 Å². The first-order valence-corrected chi connectivity index (χ1v) is 10.0. The van der Waals surface area contributed by atoms with Crippen LogP contribution in [0.25, 0.3) is 6.08 Å². The lowest BCUT2D eigenvalue weighted by molar-refractivity contribution is -0.116. The second-order valence-corrected chi connectivity index (χ2v) is 6.76. The van der Waals surface area contributed by atoms with E-state index in [1.807, 2.05) is 18.2 Å². The summed E-state index contributed by atoms with van der Waals surface area (Å²) in [5.74, 6) is 1.36. The molecule has 6 heteroatoms. The molecule has 0 aliphatic heterocycles. The van der Waals surface area contributed by atoms with Gasteiger partial charge in [-0.05, 0) is 73.8 Å². The molecule has 0 unspecified atom stereocenters. The van der Waals surface area contributed by atoms with Crippen LogP contribution in [-0.4, -0.2) is 39.8 Å². The molecular formula is C24H29N3O3. The van der Waals surface area contributed by atoms with Crippen molar-refractivity contribution >= 4 is 12.0 Å². The number of hydrogen-bond acceptors (Lipinski definition) is 5. The fraction of sp³-hybridized carbons (Fsp3) is 0.333. The van der Waals surface area contributed by atoms with Gasteiger partial charge in [-0.15, -0.1) is 0 Å². The van der Waals surface area contributed by atoms with Crippen LogP contribution in [0, 0.1) is 11.3 Å². The molecule has 0 aliphatic carbocycles. The highest BCUT2D eigenvalue weighted by Gasteiger charge is 2.04. The van der Waals surface area contributed by atoms with Gasteiger partial charge in [-0.1, -0.05) is 18.2 Å². The number of nitriles is 1. The molecule has 1 amide bonds. The molecule has 0 saturated heterocycles. The van der Waals surface area contributed by atoms with Gasteiger partial charge in [0.25, 0.3) is 0 Å². The van der Waals surface area contributed by atoms with E-state index in [1.54, 1.807) is 38.5 Å². The third-order valence-electron chi connectivity index (χ3n) is 4.54. The molecule has 6 nitrogen and oxygen atoms in total. The smallest absolute Gasteiger partial charge is 0.243 e. The molecule has 0 fully saturated rings. The first-order chi connectivity index (χ1) is 14.7. The Labute approximate surface area is 178 Å². The monoisotopic (exact) mass is 407 g/mol. The second kappa shape index (κ2) is 13.0. The number of ether oxygens (including phenoxy) is 2. The zero-order valence-electron chi connectivity index (χ0n) is 17.6. The fourth-order valence-corrected chi connectivity index (χ4v) is 2.95. The Morgan fingerprint density at radius 1 is 1.03 bits per heavy atom. The summed E-state index contributed by atoms with van der Waals surface area (Å²) in [6.45, 7) is 2.38. The van der Waals surface area contributed by atoms with E-state index in [2.05, 4.69) is 22.8 Å². The molecule has 158 valence electrons. The van der Waals surface area contributed by atoms with Crippen molar-refractivity contribution in [3.63, 3.8) is 0 Å². The predicted molar refractivity (Wildman–Crippen MR) is 119 cm³/mol. The molecule has 30 heavy (non-hydrogen) atoms. The molecule has 0 spiro atoms. The Kier molecular flexibility index (Phi) is 9.98. The average Bonchev–Trinajstić information content (AvgIpc) is 2.79. The molecule has 2 N–H and O–H groups in total. The number of carbonyl (C=O) groups excluding carboxylic acids is 1. The van der Waals surface area contributed by atoms with Crippen LogP contribution < -0.4 is 20.1 Å². The third kappa shape index (κ3) is 7.98. The van der Waals surface area contributed by atoms with Crippen LogP contribution in [0.1, 0.15) is 29.5 Å². The normalized spacial score (nSPS) is 10.6. The highest BCUT2D eigenvalue weighted by atomic mass is 16.5. The Hall–Kier alpha value is -3.30. The minimum atomic E-state index is -0.134. The van der Waals surface area contributed by atoms with E-state index in [-0.39, 0.29) is 5.91 Å². The van der Waals surface area contributed by atoms with Gasteiger partial charge in [0.05, 0.1) is 25.9 Å². The van der Waals surface area contributed by atoms with Gasteiger partial charge >= 0.3 is 0 Å². The molecular weight excluding hydrogens is 378 g/mol. The topological polar surface area (TPSA) is 83.4 Å². The first kappa shape index (κ1) is 23.0. The van der Waals surface area contributed by atoms with Crippen LogP contribution in [0.15, 0.2) is 48.5 Å². The lowest BCUT2D eigenvalue weighted by Crippen LogP contribution is -2.26. The lowest BCUT2D eigenvalue weighted by Gasteiger charge is -2.10. The largest absolute Gasteiger partial charge is 0.493 e. The van der Waals surface area contributed by atoms with E-state index >= 15 is 0 Å². The van der Waals surface area contributed by atoms with Crippen molar-refractivity contribution in [1.29, 1.82) is 5.26 Å². The van der Waals surface area contributed by atoms with Gasteiger partial charge in [0.1, 0.15) is 0 Å². The van der Waals surface area contributed by atoms with Gasteiger partial charge < -0.3 is 20.1 Å². The summed E-state index contributed by atoms with van der Waals surface area (Å²) in [6, 6.07) is 15.2. The number of carbonyl (C=O) groups is 1. The van der Waals surface area contributed by atoms with Gasteiger partial charge in [0.2, 0.25) is 5.91 Å². The zero-order valence-corrected chi connectivity index (χ0v) is 17.6. The van der Waals surface area contributed by atoms with Crippen LogP contribution in [-0.2, 0) is 11.2 Å². The Morgan fingerprint density at radius 3 is 2.60 bits per heavy atom. The molecule has 2 aromatic rings. The summed E-state index contributed by atoms with van der Waals surface area (Å²) < 4.78 is 10.6. The molecule has 0 bridgehead atoms. The maximum Gasteiger partial charge on any atom is 0.243 e.